The van der Waals surface area contributed by atoms with Gasteiger partial charge >= 0.3 is 0 Å². The average Bonchev–Trinajstić information content (AvgIpc) is 2.55. The summed E-state index contributed by atoms with van der Waals surface area (Å²) in [6, 6.07) is 12.1. The summed E-state index contributed by atoms with van der Waals surface area (Å²) in [5.74, 6) is 0. The van der Waals surface area contributed by atoms with E-state index >= 15 is 0 Å². The van der Waals surface area contributed by atoms with Crippen LogP contribution >= 0.6 is 0 Å². The summed E-state index contributed by atoms with van der Waals surface area (Å²) in [6.45, 7) is 2.81. The van der Waals surface area contributed by atoms with Gasteiger partial charge in [0.2, 0.25) is 0 Å². The van der Waals surface area contributed by atoms with Crippen molar-refractivity contribution < 1.29 is 4.21 Å². The van der Waals surface area contributed by atoms with Crippen molar-refractivity contribution in [2.45, 2.75) is 11.8 Å². The average molecular weight is 217 g/mol. The van der Waals surface area contributed by atoms with Crippen LogP contribution < -0.4 is 4.31 Å². The first-order valence-corrected chi connectivity index (χ1v) is 6.15. The monoisotopic (exact) mass is 217 g/mol. The van der Waals surface area contributed by atoms with Crippen molar-refractivity contribution in [2.24, 2.45) is 0 Å². The minimum Gasteiger partial charge on any atom is -0.287 e. The molecule has 0 aromatic heterocycles. The standard InChI is InChI=1S/C12H11NOS/c1-2-13-10-7-3-5-9-6-4-8-11(12(9)10)15(13)14/h3-8H,2H2,1H3. The number of hydrogen-bond acceptors (Lipinski definition) is 1. The summed E-state index contributed by atoms with van der Waals surface area (Å²) in [5, 5.41) is 2.33. The lowest BCUT2D eigenvalue weighted by Crippen LogP contribution is -2.20. The van der Waals surface area contributed by atoms with Crippen LogP contribution in [0.5, 0.6) is 0 Å². The summed E-state index contributed by atoms with van der Waals surface area (Å²) < 4.78 is 14.1. The van der Waals surface area contributed by atoms with Gasteiger partial charge in [0.1, 0.15) is 0 Å². The maximum absolute atomic E-state index is 12.1. The van der Waals surface area contributed by atoms with Crippen molar-refractivity contribution in [3.05, 3.63) is 36.4 Å². The molecule has 3 rings (SSSR count). The predicted octanol–water partition coefficient (Wildman–Crippen LogP) is 2.70. The lowest BCUT2D eigenvalue weighted by molar-refractivity contribution is 0.682. The third kappa shape index (κ3) is 1.07. The van der Waals surface area contributed by atoms with Crippen molar-refractivity contribution in [1.29, 1.82) is 0 Å². The van der Waals surface area contributed by atoms with E-state index in [2.05, 4.69) is 12.1 Å². The largest absolute Gasteiger partial charge is 0.287 e. The molecule has 1 aliphatic rings. The Kier molecular flexibility index (Phi) is 1.83. The van der Waals surface area contributed by atoms with Crippen molar-refractivity contribution in [3.63, 3.8) is 0 Å². The van der Waals surface area contributed by atoms with E-state index in [1.807, 2.05) is 35.5 Å². The summed E-state index contributed by atoms with van der Waals surface area (Å²) in [5.41, 5.74) is 1.10. The van der Waals surface area contributed by atoms with Gasteiger partial charge in [0.15, 0.2) is 11.0 Å². The summed E-state index contributed by atoms with van der Waals surface area (Å²) in [4.78, 5) is 0.949. The molecular formula is C12H11NOS. The zero-order valence-corrected chi connectivity index (χ0v) is 9.25. The van der Waals surface area contributed by atoms with E-state index in [1.165, 1.54) is 5.39 Å². The highest BCUT2D eigenvalue weighted by molar-refractivity contribution is 7.87. The van der Waals surface area contributed by atoms with Gasteiger partial charge in [-0.1, -0.05) is 24.3 Å². The molecule has 15 heavy (non-hydrogen) atoms. The van der Waals surface area contributed by atoms with Crippen LogP contribution in [-0.4, -0.2) is 10.8 Å². The van der Waals surface area contributed by atoms with E-state index in [0.717, 1.165) is 22.5 Å². The first-order chi connectivity index (χ1) is 7.33. The molecule has 0 saturated heterocycles. The first-order valence-electron chi connectivity index (χ1n) is 5.04. The highest BCUT2D eigenvalue weighted by Gasteiger charge is 2.26. The van der Waals surface area contributed by atoms with Gasteiger partial charge in [-0.25, -0.2) is 4.21 Å². The molecule has 0 aliphatic carbocycles. The molecule has 3 heteroatoms. The smallest absolute Gasteiger partial charge is 0.153 e. The summed E-state index contributed by atoms with van der Waals surface area (Å²) >= 11 is 0. The van der Waals surface area contributed by atoms with Crippen LogP contribution in [0.3, 0.4) is 0 Å². The number of benzene rings is 2. The fourth-order valence-electron chi connectivity index (χ4n) is 2.14. The third-order valence-corrected chi connectivity index (χ3v) is 4.36. The van der Waals surface area contributed by atoms with E-state index in [9.17, 15) is 4.21 Å². The Morgan fingerprint density at radius 2 is 1.93 bits per heavy atom. The van der Waals surface area contributed by atoms with E-state index in [1.54, 1.807) is 0 Å². The molecule has 0 bridgehead atoms. The van der Waals surface area contributed by atoms with Crippen LogP contribution in [0.25, 0.3) is 10.8 Å². The second-order valence-corrected chi connectivity index (χ2v) is 4.95. The molecular weight excluding hydrogens is 206 g/mol. The second kappa shape index (κ2) is 3.07. The number of nitrogens with zero attached hydrogens (tertiary/aromatic N) is 1. The van der Waals surface area contributed by atoms with Gasteiger partial charge < -0.3 is 0 Å². The molecule has 76 valence electrons. The van der Waals surface area contributed by atoms with Crippen LogP contribution in [0.2, 0.25) is 0 Å². The molecule has 1 atom stereocenters. The van der Waals surface area contributed by atoms with Gasteiger partial charge in [-0.2, -0.15) is 0 Å². The van der Waals surface area contributed by atoms with Gasteiger partial charge in [0.25, 0.3) is 0 Å². The molecule has 1 unspecified atom stereocenters. The Morgan fingerprint density at radius 3 is 2.67 bits per heavy atom. The van der Waals surface area contributed by atoms with Gasteiger partial charge in [-0.3, -0.25) is 4.31 Å². The summed E-state index contributed by atoms with van der Waals surface area (Å²) in [6.07, 6.45) is 0. The van der Waals surface area contributed by atoms with Crippen molar-refractivity contribution in [1.82, 2.24) is 0 Å². The molecule has 0 amide bonds. The van der Waals surface area contributed by atoms with E-state index in [4.69, 9.17) is 0 Å². The van der Waals surface area contributed by atoms with E-state index in [0.29, 0.717) is 0 Å². The van der Waals surface area contributed by atoms with E-state index < -0.39 is 11.0 Å². The Morgan fingerprint density at radius 1 is 1.20 bits per heavy atom. The third-order valence-electron chi connectivity index (χ3n) is 2.79. The van der Waals surface area contributed by atoms with Crippen molar-refractivity contribution in [2.75, 3.05) is 10.8 Å². The molecule has 0 spiro atoms. The van der Waals surface area contributed by atoms with Crippen LogP contribution in [0.15, 0.2) is 41.3 Å². The first kappa shape index (κ1) is 8.92. The Bertz CT molecular complexity index is 559. The number of rotatable bonds is 1. The zero-order valence-electron chi connectivity index (χ0n) is 8.43. The molecule has 0 saturated carbocycles. The van der Waals surface area contributed by atoms with Crippen LogP contribution in [0, 0.1) is 0 Å². The zero-order chi connectivity index (χ0) is 10.4. The predicted molar refractivity (Wildman–Crippen MR) is 63.4 cm³/mol. The maximum atomic E-state index is 12.1. The summed E-state index contributed by atoms with van der Waals surface area (Å²) in [7, 11) is -1.01. The van der Waals surface area contributed by atoms with Crippen LogP contribution in [0.1, 0.15) is 6.92 Å². The minimum absolute atomic E-state index is 0.778. The molecule has 0 N–H and O–H groups in total. The fourth-order valence-corrected chi connectivity index (χ4v) is 3.53. The van der Waals surface area contributed by atoms with Crippen LogP contribution in [-0.2, 0) is 11.0 Å². The highest BCUT2D eigenvalue weighted by atomic mass is 32.2. The molecule has 2 aromatic carbocycles. The maximum Gasteiger partial charge on any atom is 0.153 e. The molecule has 0 fully saturated rings. The minimum atomic E-state index is -1.01. The van der Waals surface area contributed by atoms with Gasteiger partial charge in [0, 0.05) is 11.9 Å². The highest BCUT2D eigenvalue weighted by Crippen LogP contribution is 2.39. The Hall–Kier alpha value is -1.35. The SMILES string of the molecule is CCN1c2cccc3cccc(c23)S1=O. The topological polar surface area (TPSA) is 20.3 Å². The number of hydrogen-bond donors (Lipinski definition) is 0. The van der Waals surface area contributed by atoms with E-state index in [-0.39, 0.29) is 0 Å². The lowest BCUT2D eigenvalue weighted by atomic mass is 10.1. The molecule has 2 aromatic rings. The normalized spacial score (nSPS) is 18.7. The van der Waals surface area contributed by atoms with Gasteiger partial charge in [0.05, 0.1) is 10.6 Å². The fraction of sp³-hybridized carbons (Fsp3) is 0.167. The van der Waals surface area contributed by atoms with Crippen LogP contribution in [0.4, 0.5) is 5.69 Å². The molecule has 0 radical (unpaired) electrons. The Balaban J connectivity index is 2.45. The van der Waals surface area contributed by atoms with Gasteiger partial charge in [-0.15, -0.1) is 0 Å². The van der Waals surface area contributed by atoms with Crippen molar-refractivity contribution >= 4 is 27.4 Å². The number of anilines is 1. The molecule has 1 aliphatic heterocycles. The second-order valence-electron chi connectivity index (χ2n) is 3.58. The molecule has 1 heterocycles. The lowest BCUT2D eigenvalue weighted by Gasteiger charge is -2.14. The molecule has 2 nitrogen and oxygen atoms in total. The van der Waals surface area contributed by atoms with Gasteiger partial charge in [-0.05, 0) is 24.4 Å². The quantitative estimate of drug-likeness (QED) is 0.719. The van der Waals surface area contributed by atoms with Crippen molar-refractivity contribution in [3.8, 4) is 0 Å². The Labute approximate surface area is 91.1 Å².